The molecule has 0 bridgehead atoms. The summed E-state index contributed by atoms with van der Waals surface area (Å²) < 4.78 is 1.84. The molecule has 1 atom stereocenters. The van der Waals surface area contributed by atoms with Gasteiger partial charge in [-0.3, -0.25) is 9.67 Å². The second-order valence-corrected chi connectivity index (χ2v) is 4.66. The Hall–Kier alpha value is -1.90. The second kappa shape index (κ2) is 3.84. The molecule has 1 aliphatic heterocycles. The van der Waals surface area contributed by atoms with Crippen LogP contribution in [0.15, 0.2) is 35.5 Å². The Balaban J connectivity index is 2.03. The number of aliphatic imine (C=N–C) groups is 1. The second-order valence-electron chi connectivity index (χ2n) is 4.66. The molecule has 0 aliphatic carbocycles. The van der Waals surface area contributed by atoms with Crippen LogP contribution in [0.25, 0.3) is 16.6 Å². The Morgan fingerprint density at radius 1 is 1.35 bits per heavy atom. The number of aryl methyl sites for hydroxylation is 1. The summed E-state index contributed by atoms with van der Waals surface area (Å²) in [6.07, 6.45) is 7.32. The van der Waals surface area contributed by atoms with Gasteiger partial charge in [0.25, 0.3) is 0 Å². The van der Waals surface area contributed by atoms with Crippen LogP contribution in [0, 0.1) is 5.92 Å². The molecule has 0 saturated heterocycles. The van der Waals surface area contributed by atoms with E-state index in [0.29, 0.717) is 5.92 Å². The molecule has 0 radical (unpaired) electrons. The number of aromatic nitrogens is 2. The van der Waals surface area contributed by atoms with Gasteiger partial charge in [-0.25, -0.2) is 0 Å². The third-order valence-electron chi connectivity index (χ3n) is 3.07. The Labute approximate surface area is 100 Å². The van der Waals surface area contributed by atoms with Gasteiger partial charge >= 0.3 is 0 Å². The highest BCUT2D eigenvalue weighted by atomic mass is 15.2. The molecule has 2 heterocycles. The molecule has 1 aliphatic rings. The van der Waals surface area contributed by atoms with E-state index in [9.17, 15) is 0 Å². The maximum Gasteiger partial charge on any atom is 0.0929 e. The lowest BCUT2D eigenvalue weighted by Crippen LogP contribution is -1.99. The minimum atomic E-state index is 0.553. The molecule has 3 rings (SSSR count). The Bertz CT molecular complexity index is 619. The zero-order valence-corrected chi connectivity index (χ0v) is 10.1. The van der Waals surface area contributed by atoms with E-state index in [0.717, 1.165) is 23.2 Å². The first-order valence-corrected chi connectivity index (χ1v) is 5.90. The average molecular weight is 225 g/mol. The van der Waals surface area contributed by atoms with Crippen LogP contribution in [0.1, 0.15) is 18.9 Å². The molecule has 0 saturated carbocycles. The first-order chi connectivity index (χ1) is 8.22. The van der Waals surface area contributed by atoms with E-state index in [1.807, 2.05) is 24.1 Å². The van der Waals surface area contributed by atoms with Gasteiger partial charge in [0.2, 0.25) is 0 Å². The fraction of sp³-hybridized carbons (Fsp3) is 0.286. The van der Waals surface area contributed by atoms with Crippen LogP contribution in [0.4, 0.5) is 0 Å². The summed E-state index contributed by atoms with van der Waals surface area (Å²) in [7, 11) is 1.94. The normalized spacial score (nSPS) is 19.6. The molecule has 86 valence electrons. The lowest BCUT2D eigenvalue weighted by molar-refractivity contribution is 0.779. The highest BCUT2D eigenvalue weighted by molar-refractivity contribution is 5.85. The fourth-order valence-corrected chi connectivity index (χ4v) is 2.11. The molecule has 3 heteroatoms. The van der Waals surface area contributed by atoms with Crippen LogP contribution in [0.3, 0.4) is 0 Å². The molecule has 1 unspecified atom stereocenters. The monoisotopic (exact) mass is 225 g/mol. The maximum atomic E-state index is 4.50. The lowest BCUT2D eigenvalue weighted by Gasteiger charge is -2.10. The summed E-state index contributed by atoms with van der Waals surface area (Å²) >= 11 is 0. The van der Waals surface area contributed by atoms with Gasteiger partial charge in [0.1, 0.15) is 0 Å². The van der Waals surface area contributed by atoms with Crippen molar-refractivity contribution in [3.05, 3.63) is 36.0 Å². The van der Waals surface area contributed by atoms with Gasteiger partial charge in [-0.15, -0.1) is 0 Å². The molecule has 2 aromatic rings. The van der Waals surface area contributed by atoms with Gasteiger partial charge < -0.3 is 0 Å². The lowest BCUT2D eigenvalue weighted by atomic mass is 10.0. The number of nitrogens with zero attached hydrogens (tertiary/aromatic N) is 3. The van der Waals surface area contributed by atoms with Gasteiger partial charge in [0.05, 0.1) is 11.2 Å². The van der Waals surface area contributed by atoms with E-state index in [-0.39, 0.29) is 0 Å². The van der Waals surface area contributed by atoms with Crippen LogP contribution in [0.2, 0.25) is 0 Å². The average Bonchev–Trinajstić information content (AvgIpc) is 2.69. The fourth-order valence-electron chi connectivity index (χ4n) is 2.11. The van der Waals surface area contributed by atoms with Gasteiger partial charge in [0.15, 0.2) is 0 Å². The number of hydrogen-bond donors (Lipinski definition) is 0. The minimum Gasteiger partial charge on any atom is -0.275 e. The van der Waals surface area contributed by atoms with Crippen molar-refractivity contribution >= 4 is 22.8 Å². The van der Waals surface area contributed by atoms with Crippen molar-refractivity contribution in [3.8, 4) is 0 Å². The largest absolute Gasteiger partial charge is 0.275 e. The van der Waals surface area contributed by atoms with E-state index in [1.165, 1.54) is 5.39 Å². The number of fused-ring (bicyclic) bond motifs is 1. The zero-order chi connectivity index (χ0) is 11.8. The van der Waals surface area contributed by atoms with Crippen LogP contribution in [-0.2, 0) is 7.05 Å². The molecule has 3 nitrogen and oxygen atoms in total. The van der Waals surface area contributed by atoms with Crippen LogP contribution in [-0.4, -0.2) is 16.0 Å². The third-order valence-corrected chi connectivity index (χ3v) is 3.07. The quantitative estimate of drug-likeness (QED) is 0.733. The Morgan fingerprint density at radius 3 is 3.00 bits per heavy atom. The predicted octanol–water partition coefficient (Wildman–Crippen LogP) is 3.02. The highest BCUT2D eigenvalue weighted by Crippen LogP contribution is 2.24. The number of benzene rings is 1. The molecule has 0 spiro atoms. The third kappa shape index (κ3) is 1.88. The molecule has 1 aromatic heterocycles. The van der Waals surface area contributed by atoms with Crippen molar-refractivity contribution in [2.75, 3.05) is 0 Å². The molecule has 0 fully saturated rings. The first kappa shape index (κ1) is 10.3. The Morgan fingerprint density at radius 2 is 2.24 bits per heavy atom. The minimum absolute atomic E-state index is 0.553. The van der Waals surface area contributed by atoms with Gasteiger partial charge in [-0.2, -0.15) is 5.10 Å². The van der Waals surface area contributed by atoms with Crippen LogP contribution in [0.5, 0.6) is 0 Å². The van der Waals surface area contributed by atoms with Gasteiger partial charge in [0, 0.05) is 30.4 Å². The SMILES string of the molecule is CC1C=NC(c2ccc3cn(C)nc3c2)=CC1. The van der Waals surface area contributed by atoms with Crippen molar-refractivity contribution in [2.45, 2.75) is 13.3 Å². The molecule has 17 heavy (non-hydrogen) atoms. The summed E-state index contributed by atoms with van der Waals surface area (Å²) in [6, 6.07) is 6.32. The van der Waals surface area contributed by atoms with E-state index in [2.05, 4.69) is 41.3 Å². The standard InChI is InChI=1S/C14H15N3/c1-10-3-6-13(15-8-10)11-4-5-12-9-17(2)16-14(12)7-11/h4-10H,3H2,1-2H3. The van der Waals surface area contributed by atoms with Crippen LogP contribution >= 0.6 is 0 Å². The molecule has 0 amide bonds. The summed E-state index contributed by atoms with van der Waals surface area (Å²) in [5.41, 5.74) is 3.25. The molecular formula is C14H15N3. The van der Waals surface area contributed by atoms with Gasteiger partial charge in [-0.05, 0) is 18.4 Å². The van der Waals surface area contributed by atoms with E-state index < -0.39 is 0 Å². The number of allylic oxidation sites excluding steroid dienone is 1. The van der Waals surface area contributed by atoms with Crippen molar-refractivity contribution in [1.82, 2.24) is 9.78 Å². The first-order valence-electron chi connectivity index (χ1n) is 5.90. The van der Waals surface area contributed by atoms with Crippen molar-refractivity contribution in [2.24, 2.45) is 18.0 Å². The Kier molecular flexibility index (Phi) is 2.32. The van der Waals surface area contributed by atoms with Crippen molar-refractivity contribution < 1.29 is 0 Å². The van der Waals surface area contributed by atoms with Crippen molar-refractivity contribution in [1.29, 1.82) is 0 Å². The van der Waals surface area contributed by atoms with E-state index in [1.54, 1.807) is 0 Å². The molecule has 1 aromatic carbocycles. The summed E-state index contributed by atoms with van der Waals surface area (Å²) in [4.78, 5) is 4.50. The van der Waals surface area contributed by atoms with E-state index in [4.69, 9.17) is 0 Å². The van der Waals surface area contributed by atoms with Crippen molar-refractivity contribution in [3.63, 3.8) is 0 Å². The highest BCUT2D eigenvalue weighted by Gasteiger charge is 2.08. The van der Waals surface area contributed by atoms with E-state index >= 15 is 0 Å². The topological polar surface area (TPSA) is 30.2 Å². The van der Waals surface area contributed by atoms with Gasteiger partial charge in [-0.1, -0.05) is 25.1 Å². The number of rotatable bonds is 1. The number of hydrogen-bond acceptors (Lipinski definition) is 2. The summed E-state index contributed by atoms with van der Waals surface area (Å²) in [6.45, 7) is 2.18. The summed E-state index contributed by atoms with van der Waals surface area (Å²) in [5, 5.41) is 5.59. The van der Waals surface area contributed by atoms with Crippen LogP contribution < -0.4 is 0 Å². The molecular weight excluding hydrogens is 210 g/mol. The maximum absolute atomic E-state index is 4.50. The zero-order valence-electron chi connectivity index (χ0n) is 10.1. The summed E-state index contributed by atoms with van der Waals surface area (Å²) in [5.74, 6) is 0.553. The molecule has 0 N–H and O–H groups in total. The smallest absolute Gasteiger partial charge is 0.0929 e. The predicted molar refractivity (Wildman–Crippen MR) is 71.0 cm³/mol.